The van der Waals surface area contributed by atoms with Gasteiger partial charge in [-0.25, -0.2) is 4.79 Å². The molecule has 140 valence electrons. The molecule has 1 amide bonds. The van der Waals surface area contributed by atoms with Crippen molar-refractivity contribution in [2.24, 2.45) is 0 Å². The summed E-state index contributed by atoms with van der Waals surface area (Å²) in [4.78, 5) is 16.2. The predicted octanol–water partition coefficient (Wildman–Crippen LogP) is 3.52. The van der Waals surface area contributed by atoms with Crippen LogP contribution in [0, 0.1) is 0 Å². The van der Waals surface area contributed by atoms with Crippen molar-refractivity contribution < 1.29 is 19.0 Å². The second-order valence-corrected chi connectivity index (χ2v) is 7.81. The van der Waals surface area contributed by atoms with E-state index in [9.17, 15) is 4.79 Å². The van der Waals surface area contributed by atoms with E-state index in [-0.39, 0.29) is 6.09 Å². The van der Waals surface area contributed by atoms with Crippen molar-refractivity contribution >= 4 is 22.0 Å². The van der Waals surface area contributed by atoms with Crippen molar-refractivity contribution in [1.29, 1.82) is 0 Å². The Morgan fingerprint density at radius 3 is 2.28 bits per heavy atom. The van der Waals surface area contributed by atoms with Crippen LogP contribution in [0.1, 0.15) is 26.3 Å². The molecule has 1 aliphatic rings. The summed E-state index contributed by atoms with van der Waals surface area (Å²) in [5.74, 6) is 1.40. The monoisotopic (exact) mass is 414 g/mol. The average Bonchev–Trinajstić information content (AvgIpc) is 2.55. The van der Waals surface area contributed by atoms with Gasteiger partial charge in [-0.05, 0) is 48.3 Å². The highest BCUT2D eigenvalue weighted by atomic mass is 79.9. The molecule has 0 atom stereocenters. The highest BCUT2D eigenvalue weighted by Gasteiger charge is 2.26. The lowest BCUT2D eigenvalue weighted by atomic mass is 10.1. The number of hydrogen-bond acceptors (Lipinski definition) is 5. The largest absolute Gasteiger partial charge is 0.493 e. The van der Waals surface area contributed by atoms with Crippen LogP contribution >= 0.6 is 15.9 Å². The van der Waals surface area contributed by atoms with Gasteiger partial charge in [0.05, 0.1) is 18.7 Å². The van der Waals surface area contributed by atoms with E-state index in [0.29, 0.717) is 24.6 Å². The second-order valence-electron chi connectivity index (χ2n) is 7.02. The van der Waals surface area contributed by atoms with Crippen molar-refractivity contribution in [2.45, 2.75) is 32.9 Å². The van der Waals surface area contributed by atoms with Gasteiger partial charge >= 0.3 is 6.09 Å². The number of ether oxygens (including phenoxy) is 3. The van der Waals surface area contributed by atoms with Crippen LogP contribution < -0.4 is 9.47 Å². The maximum absolute atomic E-state index is 12.1. The van der Waals surface area contributed by atoms with Crippen LogP contribution in [0.5, 0.6) is 11.5 Å². The minimum atomic E-state index is -0.460. The van der Waals surface area contributed by atoms with E-state index in [1.54, 1.807) is 19.1 Å². The molecule has 0 aliphatic carbocycles. The van der Waals surface area contributed by atoms with Gasteiger partial charge in [-0.2, -0.15) is 0 Å². The molecule has 1 saturated heterocycles. The van der Waals surface area contributed by atoms with Crippen LogP contribution in [-0.4, -0.2) is 61.9 Å². The Morgan fingerprint density at radius 2 is 1.76 bits per heavy atom. The van der Waals surface area contributed by atoms with Crippen LogP contribution in [0.2, 0.25) is 0 Å². The van der Waals surface area contributed by atoms with E-state index in [2.05, 4.69) is 20.8 Å². The number of halogens is 1. The van der Waals surface area contributed by atoms with E-state index in [1.165, 1.54) is 0 Å². The summed E-state index contributed by atoms with van der Waals surface area (Å²) in [5.41, 5.74) is 0.669. The summed E-state index contributed by atoms with van der Waals surface area (Å²) in [7, 11) is 3.26. The van der Waals surface area contributed by atoms with Gasteiger partial charge in [0.2, 0.25) is 0 Å². The van der Waals surface area contributed by atoms with Gasteiger partial charge in [0.1, 0.15) is 5.60 Å². The number of carbonyl (C=O) groups is 1. The Kier molecular flexibility index (Phi) is 6.57. The van der Waals surface area contributed by atoms with Crippen LogP contribution in [0.25, 0.3) is 0 Å². The topological polar surface area (TPSA) is 51.2 Å². The Balaban J connectivity index is 1.95. The number of amides is 1. The molecule has 0 radical (unpaired) electrons. The van der Waals surface area contributed by atoms with E-state index in [4.69, 9.17) is 14.2 Å². The molecule has 7 heteroatoms. The summed E-state index contributed by atoms with van der Waals surface area (Å²) < 4.78 is 17.1. The third-order valence-corrected chi connectivity index (χ3v) is 4.85. The zero-order chi connectivity index (χ0) is 18.6. The van der Waals surface area contributed by atoms with Crippen LogP contribution in [0.4, 0.5) is 4.79 Å². The maximum atomic E-state index is 12.1. The fraction of sp³-hybridized carbons (Fsp3) is 0.611. The minimum absolute atomic E-state index is 0.237. The second kappa shape index (κ2) is 8.27. The number of nitrogens with zero attached hydrogens (tertiary/aromatic N) is 2. The highest BCUT2D eigenvalue weighted by Crippen LogP contribution is 2.38. The number of piperazine rings is 1. The van der Waals surface area contributed by atoms with Crippen molar-refractivity contribution in [1.82, 2.24) is 9.80 Å². The molecule has 25 heavy (non-hydrogen) atoms. The number of carbonyl (C=O) groups excluding carboxylic acids is 1. The van der Waals surface area contributed by atoms with Crippen LogP contribution in [0.15, 0.2) is 16.6 Å². The van der Waals surface area contributed by atoms with E-state index < -0.39 is 5.60 Å². The summed E-state index contributed by atoms with van der Waals surface area (Å²) in [5, 5.41) is 0. The van der Waals surface area contributed by atoms with Crippen molar-refractivity contribution in [3.8, 4) is 11.5 Å². The molecule has 1 fully saturated rings. The number of benzene rings is 1. The van der Waals surface area contributed by atoms with Gasteiger partial charge in [-0.3, -0.25) is 4.90 Å². The summed E-state index contributed by atoms with van der Waals surface area (Å²) in [6.07, 6.45) is -0.237. The highest BCUT2D eigenvalue weighted by molar-refractivity contribution is 9.10. The molecule has 6 nitrogen and oxygen atoms in total. The Labute approximate surface area is 158 Å². The van der Waals surface area contributed by atoms with E-state index >= 15 is 0 Å². The Hall–Kier alpha value is -1.47. The quantitative estimate of drug-likeness (QED) is 0.754. The van der Waals surface area contributed by atoms with Gasteiger partial charge in [-0.1, -0.05) is 6.07 Å². The van der Waals surface area contributed by atoms with Gasteiger partial charge in [0.25, 0.3) is 0 Å². The van der Waals surface area contributed by atoms with Crippen molar-refractivity contribution in [3.63, 3.8) is 0 Å². The van der Waals surface area contributed by atoms with Gasteiger partial charge in [-0.15, -0.1) is 0 Å². The zero-order valence-electron chi connectivity index (χ0n) is 15.6. The summed E-state index contributed by atoms with van der Waals surface area (Å²) in [6, 6.07) is 3.95. The van der Waals surface area contributed by atoms with Crippen molar-refractivity contribution in [3.05, 3.63) is 22.2 Å². The van der Waals surface area contributed by atoms with Gasteiger partial charge in [0, 0.05) is 32.7 Å². The molecule has 1 aromatic carbocycles. The van der Waals surface area contributed by atoms with E-state index in [0.717, 1.165) is 29.7 Å². The molecule has 1 heterocycles. The average molecular weight is 415 g/mol. The fourth-order valence-electron chi connectivity index (χ4n) is 2.71. The lowest BCUT2D eigenvalue weighted by Gasteiger charge is -2.35. The first kappa shape index (κ1) is 19.8. The molecule has 0 saturated carbocycles. The smallest absolute Gasteiger partial charge is 0.410 e. The normalized spacial score (nSPS) is 15.8. The molecule has 0 unspecified atom stereocenters. The molecule has 1 aromatic rings. The third-order valence-electron chi connectivity index (χ3n) is 3.98. The molecule has 1 aliphatic heterocycles. The van der Waals surface area contributed by atoms with Gasteiger partial charge in [0.15, 0.2) is 11.5 Å². The Bertz CT molecular complexity index is 608. The molecular formula is C18H27BrN2O4. The SMILES string of the molecule is COc1ccc(CN2CCN(C(=O)OC(C)(C)C)CC2)c(Br)c1OC. The first-order chi connectivity index (χ1) is 11.7. The number of hydrogen-bond donors (Lipinski definition) is 0. The minimum Gasteiger partial charge on any atom is -0.493 e. The lowest BCUT2D eigenvalue weighted by Crippen LogP contribution is -2.49. The summed E-state index contributed by atoms with van der Waals surface area (Å²) >= 11 is 3.61. The van der Waals surface area contributed by atoms with Crippen LogP contribution in [-0.2, 0) is 11.3 Å². The molecular weight excluding hydrogens is 388 g/mol. The van der Waals surface area contributed by atoms with Crippen LogP contribution in [0.3, 0.4) is 0 Å². The maximum Gasteiger partial charge on any atom is 0.410 e. The molecule has 0 spiro atoms. The molecule has 0 bridgehead atoms. The molecule has 0 aromatic heterocycles. The number of methoxy groups -OCH3 is 2. The first-order valence-corrected chi connectivity index (χ1v) is 9.14. The third kappa shape index (κ3) is 5.25. The lowest BCUT2D eigenvalue weighted by molar-refractivity contribution is 0.0139. The first-order valence-electron chi connectivity index (χ1n) is 8.35. The van der Waals surface area contributed by atoms with Crippen molar-refractivity contribution in [2.75, 3.05) is 40.4 Å². The number of rotatable bonds is 4. The molecule has 2 rings (SSSR count). The molecule has 0 N–H and O–H groups in total. The summed E-state index contributed by atoms with van der Waals surface area (Å²) in [6.45, 7) is 9.38. The zero-order valence-corrected chi connectivity index (χ0v) is 17.2. The standard InChI is InChI=1S/C18H27BrN2O4/c1-18(2,3)25-17(22)21-10-8-20(9-11-21)12-13-6-7-14(23-4)16(24-5)15(13)19/h6-7H,8-12H2,1-5H3. The van der Waals surface area contributed by atoms with E-state index in [1.807, 2.05) is 32.9 Å². The predicted molar refractivity (Wildman–Crippen MR) is 100 cm³/mol. The Morgan fingerprint density at radius 1 is 1.12 bits per heavy atom. The van der Waals surface area contributed by atoms with Gasteiger partial charge < -0.3 is 19.1 Å². The fourth-order valence-corrected chi connectivity index (χ4v) is 3.32.